The van der Waals surface area contributed by atoms with Crippen molar-refractivity contribution in [2.75, 3.05) is 0 Å². The first kappa shape index (κ1) is 23.8. The fourth-order valence-electron chi connectivity index (χ4n) is 2.92. The summed E-state index contributed by atoms with van der Waals surface area (Å²) >= 11 is 0. The van der Waals surface area contributed by atoms with Crippen LogP contribution < -0.4 is 10.6 Å². The molecule has 2 aromatic carbocycles. The van der Waals surface area contributed by atoms with E-state index < -0.39 is 53.8 Å². The van der Waals surface area contributed by atoms with Gasteiger partial charge in [0.25, 0.3) is 0 Å². The van der Waals surface area contributed by atoms with Crippen LogP contribution in [0, 0.1) is 5.82 Å². The molecule has 31 heavy (non-hydrogen) atoms. The molecule has 0 aliphatic rings. The zero-order valence-corrected chi connectivity index (χ0v) is 16.4. The molecule has 2 aromatic rings. The number of alkyl halides is 3. The molecule has 0 aromatic heterocycles. The number of carbonyl (C=O) groups is 3. The van der Waals surface area contributed by atoms with Crippen molar-refractivity contribution in [3.8, 4) is 0 Å². The van der Waals surface area contributed by atoms with Crippen molar-refractivity contribution in [2.24, 2.45) is 0 Å². The van der Waals surface area contributed by atoms with Crippen molar-refractivity contribution >= 4 is 17.8 Å². The van der Waals surface area contributed by atoms with Crippen molar-refractivity contribution in [3.63, 3.8) is 0 Å². The minimum atomic E-state index is -4.60. The van der Waals surface area contributed by atoms with Crippen LogP contribution >= 0.6 is 0 Å². The highest BCUT2D eigenvalue weighted by Crippen LogP contribution is 2.29. The lowest BCUT2D eigenvalue weighted by Crippen LogP contribution is -2.52. The van der Waals surface area contributed by atoms with Crippen LogP contribution in [-0.4, -0.2) is 35.0 Å². The van der Waals surface area contributed by atoms with Gasteiger partial charge >= 0.3 is 12.1 Å². The van der Waals surface area contributed by atoms with Crippen LogP contribution in [0.4, 0.5) is 17.6 Å². The number of amides is 2. The lowest BCUT2D eigenvalue weighted by atomic mass is 10.0. The summed E-state index contributed by atoms with van der Waals surface area (Å²) in [4.78, 5) is 35.7. The molecule has 0 aliphatic carbocycles. The van der Waals surface area contributed by atoms with E-state index in [1.807, 2.05) is 0 Å². The van der Waals surface area contributed by atoms with Gasteiger partial charge in [-0.05, 0) is 23.3 Å². The number of halogens is 4. The lowest BCUT2D eigenvalue weighted by molar-refractivity contribution is -0.142. The molecule has 0 bridgehead atoms. The van der Waals surface area contributed by atoms with E-state index in [1.54, 1.807) is 0 Å². The van der Waals surface area contributed by atoms with Crippen molar-refractivity contribution in [3.05, 3.63) is 71.0 Å². The van der Waals surface area contributed by atoms with Gasteiger partial charge in [0.2, 0.25) is 11.8 Å². The van der Waals surface area contributed by atoms with Crippen LogP contribution in [0.3, 0.4) is 0 Å². The van der Waals surface area contributed by atoms with Crippen LogP contribution in [-0.2, 0) is 33.4 Å². The topological polar surface area (TPSA) is 95.5 Å². The maximum atomic E-state index is 13.9. The Bertz CT molecular complexity index is 962. The van der Waals surface area contributed by atoms with Crippen LogP contribution in [0.1, 0.15) is 23.6 Å². The molecule has 0 aliphatic heterocycles. The molecule has 0 saturated carbocycles. The minimum Gasteiger partial charge on any atom is -0.480 e. The zero-order chi connectivity index (χ0) is 23.2. The van der Waals surface area contributed by atoms with Gasteiger partial charge in [-0.15, -0.1) is 0 Å². The number of hydrogen-bond donors (Lipinski definition) is 3. The second-order valence-corrected chi connectivity index (χ2v) is 6.85. The van der Waals surface area contributed by atoms with Gasteiger partial charge in [0.1, 0.15) is 17.9 Å². The van der Waals surface area contributed by atoms with Crippen LogP contribution in [0.5, 0.6) is 0 Å². The number of hydrogen-bond acceptors (Lipinski definition) is 3. The number of benzene rings is 2. The number of carboxylic acid groups (broad SMARTS) is 1. The molecule has 0 unspecified atom stereocenters. The third-order valence-corrected chi connectivity index (χ3v) is 4.38. The van der Waals surface area contributed by atoms with Crippen molar-refractivity contribution in [1.82, 2.24) is 10.6 Å². The number of carbonyl (C=O) groups excluding carboxylic acids is 2. The average Bonchev–Trinajstić information content (AvgIpc) is 2.67. The van der Waals surface area contributed by atoms with Gasteiger partial charge in [0, 0.05) is 19.8 Å². The van der Waals surface area contributed by atoms with E-state index in [2.05, 4.69) is 10.6 Å². The summed E-state index contributed by atoms with van der Waals surface area (Å²) in [6.07, 6.45) is -5.26. The Morgan fingerprint density at radius 3 is 2.23 bits per heavy atom. The summed E-state index contributed by atoms with van der Waals surface area (Å²) in [5.74, 6) is -3.58. The van der Waals surface area contributed by atoms with Crippen LogP contribution in [0.2, 0.25) is 0 Å². The normalized spacial score (nSPS) is 13.2. The van der Waals surface area contributed by atoms with E-state index >= 15 is 0 Å². The monoisotopic (exact) mass is 440 g/mol. The number of carboxylic acids is 1. The number of nitrogens with one attached hydrogen (secondary N) is 2. The maximum absolute atomic E-state index is 13.9. The first-order valence-electron chi connectivity index (χ1n) is 9.17. The second-order valence-electron chi connectivity index (χ2n) is 6.85. The average molecular weight is 440 g/mol. The fourth-order valence-corrected chi connectivity index (χ4v) is 2.92. The summed E-state index contributed by atoms with van der Waals surface area (Å²) in [5.41, 5.74) is -0.773. The van der Waals surface area contributed by atoms with E-state index in [-0.39, 0.29) is 17.5 Å². The summed E-state index contributed by atoms with van der Waals surface area (Å²) < 4.78 is 52.6. The quantitative estimate of drug-likeness (QED) is 0.550. The molecule has 2 atom stereocenters. The lowest BCUT2D eigenvalue weighted by Gasteiger charge is -2.21. The summed E-state index contributed by atoms with van der Waals surface area (Å²) in [6, 6.07) is 6.81. The zero-order valence-electron chi connectivity index (χ0n) is 16.4. The minimum absolute atomic E-state index is 0.0488. The Hall–Kier alpha value is -3.43. The summed E-state index contributed by atoms with van der Waals surface area (Å²) in [7, 11) is 0. The molecule has 0 saturated heterocycles. The molecule has 0 heterocycles. The molecule has 2 amide bonds. The first-order valence-corrected chi connectivity index (χ1v) is 9.17. The number of aliphatic carboxylic acids is 1. The van der Waals surface area contributed by atoms with Crippen molar-refractivity contribution in [1.29, 1.82) is 0 Å². The largest absolute Gasteiger partial charge is 0.480 e. The smallest absolute Gasteiger partial charge is 0.416 e. The third kappa shape index (κ3) is 7.09. The predicted octanol–water partition coefficient (Wildman–Crippen LogP) is 2.70. The van der Waals surface area contributed by atoms with Gasteiger partial charge in [-0.3, -0.25) is 9.59 Å². The Labute approximate surface area is 175 Å². The van der Waals surface area contributed by atoms with Gasteiger partial charge in [-0.1, -0.05) is 36.4 Å². The molecule has 2 rings (SSSR count). The first-order chi connectivity index (χ1) is 14.5. The Kier molecular flexibility index (Phi) is 7.73. The molecular weight excluding hydrogens is 420 g/mol. The Balaban J connectivity index is 2.19. The van der Waals surface area contributed by atoms with Gasteiger partial charge in [-0.25, -0.2) is 9.18 Å². The van der Waals surface area contributed by atoms with E-state index in [9.17, 15) is 37.1 Å². The van der Waals surface area contributed by atoms with Crippen LogP contribution in [0.25, 0.3) is 0 Å². The van der Waals surface area contributed by atoms with Gasteiger partial charge in [0.05, 0.1) is 5.56 Å². The number of rotatable bonds is 8. The molecule has 0 spiro atoms. The van der Waals surface area contributed by atoms with Gasteiger partial charge in [0.15, 0.2) is 0 Å². The highest BCUT2D eigenvalue weighted by Gasteiger charge is 2.31. The van der Waals surface area contributed by atoms with Crippen molar-refractivity contribution < 1.29 is 37.1 Å². The SMILES string of the molecule is CC(=O)N[C@H](Cc1ccccc1F)C(=O)N[C@@H](Cc1cccc(C(F)(F)F)c1)C(=O)O. The molecule has 0 fully saturated rings. The maximum Gasteiger partial charge on any atom is 0.416 e. The van der Waals surface area contributed by atoms with E-state index in [4.69, 9.17) is 0 Å². The molecule has 0 radical (unpaired) electrons. The van der Waals surface area contributed by atoms with Gasteiger partial charge < -0.3 is 15.7 Å². The highest BCUT2D eigenvalue weighted by atomic mass is 19.4. The molecule has 166 valence electrons. The standard InChI is InChI=1S/C21H20F4N2O4/c1-12(28)26-17(11-14-6-2-3-8-16(14)22)19(29)27-18(20(30)31)10-13-5-4-7-15(9-13)21(23,24)25/h2-9,17-18H,10-11H2,1H3,(H,26,28)(H,27,29)(H,30,31)/t17-,18+/m1/s1. The van der Waals surface area contributed by atoms with E-state index in [0.29, 0.717) is 0 Å². The predicted molar refractivity (Wildman–Crippen MR) is 102 cm³/mol. The van der Waals surface area contributed by atoms with Gasteiger partial charge in [-0.2, -0.15) is 13.2 Å². The van der Waals surface area contributed by atoms with E-state index in [1.165, 1.54) is 30.3 Å². The Morgan fingerprint density at radius 2 is 1.65 bits per heavy atom. The highest BCUT2D eigenvalue weighted by molar-refractivity contribution is 5.90. The van der Waals surface area contributed by atoms with Crippen molar-refractivity contribution in [2.45, 2.75) is 38.0 Å². The fraction of sp³-hybridized carbons (Fsp3) is 0.286. The third-order valence-electron chi connectivity index (χ3n) is 4.38. The molecule has 3 N–H and O–H groups in total. The summed E-state index contributed by atoms with van der Waals surface area (Å²) in [6.45, 7) is 1.14. The second kappa shape index (κ2) is 10.1. The van der Waals surface area contributed by atoms with Crippen LogP contribution in [0.15, 0.2) is 48.5 Å². The summed E-state index contributed by atoms with van der Waals surface area (Å²) in [5, 5.41) is 14.0. The molecule has 10 heteroatoms. The van der Waals surface area contributed by atoms with E-state index in [0.717, 1.165) is 25.1 Å². The molecular formula is C21H20F4N2O4. The Morgan fingerprint density at radius 1 is 0.968 bits per heavy atom. The molecule has 6 nitrogen and oxygen atoms in total.